The quantitative estimate of drug-likeness (QED) is 0.850. The molecular formula is C21H27N3O2. The van der Waals surface area contributed by atoms with E-state index in [0.717, 1.165) is 53.8 Å². The molecule has 0 unspecified atom stereocenters. The molecule has 0 aliphatic carbocycles. The number of benzene rings is 1. The highest BCUT2D eigenvalue weighted by molar-refractivity contribution is 6.06. The van der Waals surface area contributed by atoms with E-state index in [1.807, 2.05) is 36.1 Å². The van der Waals surface area contributed by atoms with E-state index < -0.39 is 0 Å². The maximum Gasteiger partial charge on any atom is 0.254 e. The summed E-state index contributed by atoms with van der Waals surface area (Å²) < 4.78 is 5.30. The van der Waals surface area contributed by atoms with Gasteiger partial charge in [0.05, 0.1) is 18.2 Å². The summed E-state index contributed by atoms with van der Waals surface area (Å²) in [6.07, 6.45) is 4.82. The van der Waals surface area contributed by atoms with Gasteiger partial charge in [0.1, 0.15) is 5.75 Å². The predicted molar refractivity (Wildman–Crippen MR) is 103 cm³/mol. The van der Waals surface area contributed by atoms with Crippen LogP contribution in [0.4, 0.5) is 0 Å². The molecule has 1 aromatic heterocycles. The number of aromatic nitrogens is 1. The number of hydrogen-bond donors (Lipinski definition) is 0. The van der Waals surface area contributed by atoms with Crippen molar-refractivity contribution in [1.29, 1.82) is 0 Å². The van der Waals surface area contributed by atoms with Gasteiger partial charge < -0.3 is 14.5 Å². The number of aryl methyl sites for hydroxylation is 1. The number of amides is 1. The van der Waals surface area contributed by atoms with Crippen molar-refractivity contribution in [3.05, 3.63) is 35.5 Å². The van der Waals surface area contributed by atoms with E-state index in [1.165, 1.54) is 25.9 Å². The lowest BCUT2D eigenvalue weighted by Gasteiger charge is -2.36. The fourth-order valence-corrected chi connectivity index (χ4v) is 4.36. The Hall–Kier alpha value is -2.14. The Balaban J connectivity index is 1.54. The minimum Gasteiger partial charge on any atom is -0.497 e. The first kappa shape index (κ1) is 17.3. The number of fused-ring (bicyclic) bond motifs is 1. The summed E-state index contributed by atoms with van der Waals surface area (Å²) in [6, 6.07) is 8.32. The van der Waals surface area contributed by atoms with Crippen LogP contribution in [0, 0.1) is 6.92 Å². The van der Waals surface area contributed by atoms with E-state index in [1.54, 1.807) is 7.11 Å². The fraction of sp³-hybridized carbons (Fsp3) is 0.524. The second-order valence-electron chi connectivity index (χ2n) is 7.46. The number of likely N-dealkylation sites (tertiary alicyclic amines) is 2. The second-order valence-corrected chi connectivity index (χ2v) is 7.46. The van der Waals surface area contributed by atoms with Crippen molar-refractivity contribution in [3.8, 4) is 5.75 Å². The van der Waals surface area contributed by atoms with Crippen LogP contribution in [0.25, 0.3) is 10.9 Å². The van der Waals surface area contributed by atoms with Crippen LogP contribution in [0.1, 0.15) is 41.7 Å². The lowest BCUT2D eigenvalue weighted by Crippen LogP contribution is -2.46. The number of carbonyl (C=O) groups is 1. The number of piperidine rings is 1. The Morgan fingerprint density at radius 1 is 1.12 bits per heavy atom. The van der Waals surface area contributed by atoms with Gasteiger partial charge in [-0.1, -0.05) is 0 Å². The molecule has 2 aromatic rings. The number of pyridine rings is 1. The van der Waals surface area contributed by atoms with Gasteiger partial charge in [0.25, 0.3) is 5.91 Å². The van der Waals surface area contributed by atoms with Crippen molar-refractivity contribution in [2.75, 3.05) is 33.3 Å². The van der Waals surface area contributed by atoms with Crippen molar-refractivity contribution >= 4 is 16.8 Å². The number of hydrogen-bond acceptors (Lipinski definition) is 4. The third-order valence-electron chi connectivity index (χ3n) is 5.78. The Morgan fingerprint density at radius 2 is 1.85 bits per heavy atom. The average Bonchev–Trinajstić information content (AvgIpc) is 3.21. The van der Waals surface area contributed by atoms with E-state index in [0.29, 0.717) is 6.04 Å². The predicted octanol–water partition coefficient (Wildman–Crippen LogP) is 3.25. The fourth-order valence-electron chi connectivity index (χ4n) is 4.36. The zero-order chi connectivity index (χ0) is 18.1. The smallest absolute Gasteiger partial charge is 0.254 e. The molecule has 0 saturated carbocycles. The monoisotopic (exact) mass is 353 g/mol. The van der Waals surface area contributed by atoms with Gasteiger partial charge in [-0.25, -0.2) is 0 Å². The number of methoxy groups -OCH3 is 1. The number of nitrogens with zero attached hydrogens (tertiary/aromatic N) is 3. The molecular weight excluding hydrogens is 326 g/mol. The summed E-state index contributed by atoms with van der Waals surface area (Å²) in [5, 5.41) is 0.906. The molecule has 1 aromatic carbocycles. The van der Waals surface area contributed by atoms with Gasteiger partial charge in [-0.05, 0) is 63.9 Å². The van der Waals surface area contributed by atoms with Crippen LogP contribution in [0.3, 0.4) is 0 Å². The number of ether oxygens (including phenoxy) is 1. The molecule has 1 amide bonds. The van der Waals surface area contributed by atoms with Crippen molar-refractivity contribution in [2.45, 2.75) is 38.6 Å². The SMILES string of the molecule is COc1ccc2c(C(=O)N3CCC(N4CCCC4)CC3)cc(C)nc2c1. The van der Waals surface area contributed by atoms with Gasteiger partial charge in [0.2, 0.25) is 0 Å². The van der Waals surface area contributed by atoms with Crippen molar-refractivity contribution in [1.82, 2.24) is 14.8 Å². The van der Waals surface area contributed by atoms with Gasteiger partial charge in [-0.3, -0.25) is 9.78 Å². The highest BCUT2D eigenvalue weighted by Crippen LogP contribution is 2.26. The highest BCUT2D eigenvalue weighted by Gasteiger charge is 2.29. The summed E-state index contributed by atoms with van der Waals surface area (Å²) in [7, 11) is 1.65. The van der Waals surface area contributed by atoms with Crippen LogP contribution in [-0.4, -0.2) is 60.0 Å². The van der Waals surface area contributed by atoms with Crippen molar-refractivity contribution < 1.29 is 9.53 Å². The zero-order valence-electron chi connectivity index (χ0n) is 15.7. The third-order valence-corrected chi connectivity index (χ3v) is 5.78. The largest absolute Gasteiger partial charge is 0.497 e. The maximum absolute atomic E-state index is 13.2. The van der Waals surface area contributed by atoms with Gasteiger partial charge in [-0.15, -0.1) is 0 Å². The van der Waals surface area contributed by atoms with Gasteiger partial charge in [0.15, 0.2) is 0 Å². The first-order valence-corrected chi connectivity index (χ1v) is 9.64. The van der Waals surface area contributed by atoms with Gasteiger partial charge in [0, 0.05) is 36.3 Å². The van der Waals surface area contributed by atoms with Gasteiger partial charge in [-0.2, -0.15) is 0 Å². The Morgan fingerprint density at radius 3 is 2.54 bits per heavy atom. The van der Waals surface area contributed by atoms with E-state index in [-0.39, 0.29) is 5.91 Å². The number of rotatable bonds is 3. The first-order valence-electron chi connectivity index (χ1n) is 9.64. The molecule has 2 saturated heterocycles. The van der Waals surface area contributed by atoms with E-state index in [4.69, 9.17) is 4.74 Å². The van der Waals surface area contributed by atoms with Crippen molar-refractivity contribution in [3.63, 3.8) is 0 Å². The minimum absolute atomic E-state index is 0.130. The Kier molecular flexibility index (Phi) is 4.81. The molecule has 4 rings (SSSR count). The molecule has 0 N–H and O–H groups in total. The van der Waals surface area contributed by atoms with Crippen LogP contribution in [-0.2, 0) is 0 Å². The van der Waals surface area contributed by atoms with E-state index in [9.17, 15) is 4.79 Å². The summed E-state index contributed by atoms with van der Waals surface area (Å²) >= 11 is 0. The number of carbonyl (C=O) groups excluding carboxylic acids is 1. The molecule has 0 radical (unpaired) electrons. The average molecular weight is 353 g/mol. The van der Waals surface area contributed by atoms with Crippen LogP contribution >= 0.6 is 0 Å². The molecule has 2 aliphatic rings. The van der Waals surface area contributed by atoms with Gasteiger partial charge >= 0.3 is 0 Å². The van der Waals surface area contributed by atoms with Crippen LogP contribution < -0.4 is 4.74 Å². The second kappa shape index (κ2) is 7.23. The highest BCUT2D eigenvalue weighted by atomic mass is 16.5. The molecule has 2 aliphatic heterocycles. The van der Waals surface area contributed by atoms with E-state index in [2.05, 4.69) is 9.88 Å². The lowest BCUT2D eigenvalue weighted by atomic mass is 10.0. The minimum atomic E-state index is 0.130. The molecule has 0 spiro atoms. The zero-order valence-corrected chi connectivity index (χ0v) is 15.7. The lowest BCUT2D eigenvalue weighted by molar-refractivity contribution is 0.0646. The Bertz CT molecular complexity index is 806. The van der Waals surface area contributed by atoms with E-state index >= 15 is 0 Å². The molecule has 138 valence electrons. The summed E-state index contributed by atoms with van der Waals surface area (Å²) in [4.78, 5) is 22.4. The summed E-state index contributed by atoms with van der Waals surface area (Å²) in [6.45, 7) is 6.09. The van der Waals surface area contributed by atoms with Crippen LogP contribution in [0.5, 0.6) is 5.75 Å². The van der Waals surface area contributed by atoms with Crippen LogP contribution in [0.15, 0.2) is 24.3 Å². The molecule has 3 heterocycles. The maximum atomic E-state index is 13.2. The molecule has 0 atom stereocenters. The third kappa shape index (κ3) is 3.28. The van der Waals surface area contributed by atoms with Crippen LogP contribution in [0.2, 0.25) is 0 Å². The standard InChI is InChI=1S/C21H27N3O2/c1-15-13-19(18-6-5-17(26-2)14-20(18)22-15)21(25)24-11-7-16(8-12-24)23-9-3-4-10-23/h5-6,13-14,16H,3-4,7-12H2,1-2H3. The molecule has 2 fully saturated rings. The molecule has 0 bridgehead atoms. The molecule has 26 heavy (non-hydrogen) atoms. The topological polar surface area (TPSA) is 45.7 Å². The normalized spacial score (nSPS) is 19.2. The summed E-state index contributed by atoms with van der Waals surface area (Å²) in [5.41, 5.74) is 2.44. The molecule has 5 nitrogen and oxygen atoms in total. The van der Waals surface area contributed by atoms with Crippen molar-refractivity contribution in [2.24, 2.45) is 0 Å². The first-order chi connectivity index (χ1) is 12.7. The Labute approximate surface area is 154 Å². The summed E-state index contributed by atoms with van der Waals surface area (Å²) in [5.74, 6) is 0.894. The molecule has 5 heteroatoms.